The zero-order valence-corrected chi connectivity index (χ0v) is 16.8. The monoisotopic (exact) mass is 374 g/mol. The lowest BCUT2D eigenvalue weighted by molar-refractivity contribution is -0.0725. The Morgan fingerprint density at radius 1 is 1.07 bits per heavy atom. The molecular formula is C21H34N4O2. The van der Waals surface area contributed by atoms with E-state index in [-0.39, 0.29) is 24.7 Å². The summed E-state index contributed by atoms with van der Waals surface area (Å²) >= 11 is 0. The molecule has 1 aromatic rings. The number of aliphatic hydroxyl groups excluding tert-OH is 1. The highest BCUT2D eigenvalue weighted by Crippen LogP contribution is 2.34. The van der Waals surface area contributed by atoms with Gasteiger partial charge in [0, 0.05) is 63.1 Å². The van der Waals surface area contributed by atoms with Gasteiger partial charge in [-0.05, 0) is 38.7 Å². The maximum atomic E-state index is 9.95. The van der Waals surface area contributed by atoms with Crippen molar-refractivity contribution < 1.29 is 9.84 Å². The molecule has 6 nitrogen and oxygen atoms in total. The van der Waals surface area contributed by atoms with E-state index in [2.05, 4.69) is 34.7 Å². The van der Waals surface area contributed by atoms with Crippen LogP contribution in [0.15, 0.2) is 12.3 Å². The van der Waals surface area contributed by atoms with E-state index < -0.39 is 0 Å². The van der Waals surface area contributed by atoms with Gasteiger partial charge in [-0.15, -0.1) is 0 Å². The molecule has 3 fully saturated rings. The molecule has 0 amide bonds. The smallest absolute Gasteiger partial charge is 0.225 e. The van der Waals surface area contributed by atoms with Gasteiger partial charge < -0.3 is 14.7 Å². The largest absolute Gasteiger partial charge is 0.396 e. The molecule has 1 N–H and O–H groups in total. The molecule has 0 bridgehead atoms. The average molecular weight is 375 g/mol. The first-order valence-corrected chi connectivity index (χ1v) is 10.7. The molecule has 27 heavy (non-hydrogen) atoms. The molecule has 4 atom stereocenters. The SMILES string of the molecule is C[C@@H]1CN(C[C@H]2CN(c3nccc(C4CCCC4)n3)C[C@H]2CO)C[C@H](C)O1. The topological polar surface area (TPSA) is 61.7 Å². The van der Waals surface area contributed by atoms with Gasteiger partial charge in [-0.2, -0.15) is 0 Å². The van der Waals surface area contributed by atoms with Crippen LogP contribution in [0.1, 0.15) is 51.1 Å². The van der Waals surface area contributed by atoms with Gasteiger partial charge in [0.2, 0.25) is 5.95 Å². The first kappa shape index (κ1) is 19.1. The van der Waals surface area contributed by atoms with Crippen LogP contribution in [-0.4, -0.2) is 71.5 Å². The van der Waals surface area contributed by atoms with E-state index in [9.17, 15) is 5.11 Å². The van der Waals surface area contributed by atoms with Crippen LogP contribution in [0, 0.1) is 11.8 Å². The van der Waals surface area contributed by atoms with Crippen molar-refractivity contribution in [3.63, 3.8) is 0 Å². The van der Waals surface area contributed by atoms with Crippen molar-refractivity contribution in [2.45, 2.75) is 57.7 Å². The molecule has 6 heteroatoms. The number of aliphatic hydroxyl groups is 1. The highest BCUT2D eigenvalue weighted by atomic mass is 16.5. The number of rotatable bonds is 5. The number of hydrogen-bond acceptors (Lipinski definition) is 6. The second-order valence-electron chi connectivity index (χ2n) is 8.85. The van der Waals surface area contributed by atoms with E-state index in [0.717, 1.165) is 38.7 Å². The predicted octanol–water partition coefficient (Wildman–Crippen LogP) is 2.29. The van der Waals surface area contributed by atoms with Gasteiger partial charge in [-0.1, -0.05) is 12.8 Å². The van der Waals surface area contributed by atoms with Crippen LogP contribution < -0.4 is 4.90 Å². The molecule has 2 aliphatic heterocycles. The molecule has 0 radical (unpaired) electrons. The van der Waals surface area contributed by atoms with Crippen LogP contribution in [-0.2, 0) is 4.74 Å². The normalized spacial score (nSPS) is 33.1. The molecule has 0 aromatic carbocycles. The number of ether oxygens (including phenoxy) is 1. The van der Waals surface area contributed by atoms with Crippen molar-refractivity contribution in [1.29, 1.82) is 0 Å². The van der Waals surface area contributed by atoms with Gasteiger partial charge in [0.15, 0.2) is 0 Å². The molecule has 0 spiro atoms. The summed E-state index contributed by atoms with van der Waals surface area (Å²) in [5, 5.41) is 9.95. The van der Waals surface area contributed by atoms with Gasteiger partial charge in [0.25, 0.3) is 0 Å². The lowest BCUT2D eigenvalue weighted by Gasteiger charge is -2.37. The third-order valence-corrected chi connectivity index (χ3v) is 6.52. The van der Waals surface area contributed by atoms with E-state index in [0.29, 0.717) is 11.8 Å². The number of aromatic nitrogens is 2. The second-order valence-corrected chi connectivity index (χ2v) is 8.85. The summed E-state index contributed by atoms with van der Waals surface area (Å²) in [6, 6.07) is 2.09. The number of hydrogen-bond donors (Lipinski definition) is 1. The number of anilines is 1. The minimum Gasteiger partial charge on any atom is -0.396 e. The van der Waals surface area contributed by atoms with Crippen molar-refractivity contribution in [2.24, 2.45) is 11.8 Å². The fourth-order valence-electron chi connectivity index (χ4n) is 5.24. The van der Waals surface area contributed by atoms with Gasteiger partial charge >= 0.3 is 0 Å². The third-order valence-electron chi connectivity index (χ3n) is 6.52. The van der Waals surface area contributed by atoms with E-state index in [1.54, 1.807) is 0 Å². The molecule has 1 aromatic heterocycles. The predicted molar refractivity (Wildman–Crippen MR) is 106 cm³/mol. The van der Waals surface area contributed by atoms with Crippen molar-refractivity contribution in [1.82, 2.24) is 14.9 Å². The molecule has 150 valence electrons. The van der Waals surface area contributed by atoms with Gasteiger partial charge in [0.1, 0.15) is 0 Å². The Morgan fingerprint density at radius 2 is 1.78 bits per heavy atom. The summed E-state index contributed by atoms with van der Waals surface area (Å²) in [5.41, 5.74) is 1.21. The number of nitrogens with zero attached hydrogens (tertiary/aromatic N) is 4. The molecule has 1 saturated carbocycles. The maximum absolute atomic E-state index is 9.95. The maximum Gasteiger partial charge on any atom is 0.225 e. The van der Waals surface area contributed by atoms with Crippen molar-refractivity contribution in [3.05, 3.63) is 18.0 Å². The first-order chi connectivity index (χ1) is 13.1. The third kappa shape index (κ3) is 4.44. The van der Waals surface area contributed by atoms with Gasteiger partial charge in [0.05, 0.1) is 12.2 Å². The first-order valence-electron chi connectivity index (χ1n) is 10.7. The molecule has 4 rings (SSSR count). The molecule has 3 heterocycles. The highest BCUT2D eigenvalue weighted by molar-refractivity contribution is 5.33. The van der Waals surface area contributed by atoms with Crippen LogP contribution in [0.2, 0.25) is 0 Å². The highest BCUT2D eigenvalue weighted by Gasteiger charge is 2.36. The summed E-state index contributed by atoms with van der Waals surface area (Å²) in [6.07, 6.45) is 7.63. The zero-order valence-electron chi connectivity index (χ0n) is 16.8. The molecule has 1 aliphatic carbocycles. The summed E-state index contributed by atoms with van der Waals surface area (Å²) in [6.45, 7) is 9.29. The summed E-state index contributed by atoms with van der Waals surface area (Å²) < 4.78 is 5.86. The molecule has 0 unspecified atom stereocenters. The van der Waals surface area contributed by atoms with E-state index >= 15 is 0 Å². The second kappa shape index (κ2) is 8.41. The molecular weight excluding hydrogens is 340 g/mol. The Morgan fingerprint density at radius 3 is 2.48 bits per heavy atom. The Balaban J connectivity index is 1.42. The lowest BCUT2D eigenvalue weighted by atomic mass is 9.96. The molecule has 3 aliphatic rings. The van der Waals surface area contributed by atoms with E-state index in [1.165, 1.54) is 31.4 Å². The Kier molecular flexibility index (Phi) is 5.95. The Bertz CT molecular complexity index is 612. The van der Waals surface area contributed by atoms with Crippen LogP contribution in [0.25, 0.3) is 0 Å². The Hall–Kier alpha value is -1.24. The van der Waals surface area contributed by atoms with Crippen molar-refractivity contribution >= 4 is 5.95 Å². The minimum atomic E-state index is 0.235. The zero-order chi connectivity index (χ0) is 18.8. The van der Waals surface area contributed by atoms with Crippen molar-refractivity contribution in [3.8, 4) is 0 Å². The van der Waals surface area contributed by atoms with Crippen LogP contribution in [0.3, 0.4) is 0 Å². The lowest BCUT2D eigenvalue weighted by Crippen LogP contribution is -2.48. The molecule has 2 saturated heterocycles. The Labute approximate surface area is 162 Å². The van der Waals surface area contributed by atoms with Crippen LogP contribution >= 0.6 is 0 Å². The quantitative estimate of drug-likeness (QED) is 0.853. The fraction of sp³-hybridized carbons (Fsp3) is 0.810. The van der Waals surface area contributed by atoms with E-state index in [4.69, 9.17) is 9.72 Å². The average Bonchev–Trinajstić information content (AvgIpc) is 3.31. The summed E-state index contributed by atoms with van der Waals surface area (Å²) in [7, 11) is 0. The van der Waals surface area contributed by atoms with Gasteiger partial charge in [-0.25, -0.2) is 9.97 Å². The van der Waals surface area contributed by atoms with Gasteiger partial charge in [-0.3, -0.25) is 4.90 Å². The van der Waals surface area contributed by atoms with E-state index in [1.807, 2.05) is 6.20 Å². The summed E-state index contributed by atoms with van der Waals surface area (Å²) in [4.78, 5) is 14.3. The number of morpholine rings is 1. The van der Waals surface area contributed by atoms with Crippen LogP contribution in [0.4, 0.5) is 5.95 Å². The summed E-state index contributed by atoms with van der Waals surface area (Å²) in [5.74, 6) is 2.20. The van der Waals surface area contributed by atoms with Crippen LogP contribution in [0.5, 0.6) is 0 Å². The standard InChI is InChI=1S/C21H34N4O2/c1-15-9-24(10-16(2)27-15)11-18-12-25(13-19(18)14-26)21-22-8-7-20(23-21)17-5-3-4-6-17/h7-8,15-19,26H,3-6,9-14H2,1-2H3/t15-,16+,18-,19-/m0/s1. The minimum absolute atomic E-state index is 0.235. The van der Waals surface area contributed by atoms with Crippen molar-refractivity contribution in [2.75, 3.05) is 44.2 Å². The fourth-order valence-corrected chi connectivity index (χ4v) is 5.24.